The van der Waals surface area contributed by atoms with E-state index in [-0.39, 0.29) is 24.2 Å². The third-order valence-electron chi connectivity index (χ3n) is 4.32. The number of hydrogen-bond donors (Lipinski definition) is 1. The molecule has 2 aromatic rings. The van der Waals surface area contributed by atoms with E-state index < -0.39 is 5.97 Å². The maximum Gasteiger partial charge on any atom is 0.337 e. The van der Waals surface area contributed by atoms with Crippen molar-refractivity contribution in [2.45, 2.75) is 12.3 Å². The summed E-state index contributed by atoms with van der Waals surface area (Å²) in [5, 5.41) is 2.88. The van der Waals surface area contributed by atoms with Crippen LogP contribution in [0.15, 0.2) is 42.5 Å². The zero-order chi connectivity index (χ0) is 17.3. The van der Waals surface area contributed by atoms with Gasteiger partial charge in [0.2, 0.25) is 5.91 Å². The number of anilines is 2. The third kappa shape index (κ3) is 3.77. The highest BCUT2D eigenvalue weighted by Gasteiger charge is 2.31. The van der Waals surface area contributed by atoms with E-state index in [0.29, 0.717) is 12.0 Å². The highest BCUT2D eigenvalue weighted by atomic mass is 35.5. The molecule has 25 heavy (non-hydrogen) atoms. The topological polar surface area (TPSA) is 58.6 Å². The zero-order valence-corrected chi connectivity index (χ0v) is 15.2. The molecule has 1 aliphatic rings. The van der Waals surface area contributed by atoms with E-state index in [1.165, 1.54) is 7.11 Å². The summed E-state index contributed by atoms with van der Waals surface area (Å²) in [7, 11) is 5.33. The molecule has 1 aliphatic heterocycles. The van der Waals surface area contributed by atoms with Gasteiger partial charge in [0, 0.05) is 25.5 Å². The van der Waals surface area contributed by atoms with Crippen LogP contribution in [0.3, 0.4) is 0 Å². The number of hydrogen-bond acceptors (Lipinski definition) is 4. The second-order valence-electron chi connectivity index (χ2n) is 6.10. The molecule has 0 spiro atoms. The maximum atomic E-state index is 12.3. The molecule has 1 amide bonds. The van der Waals surface area contributed by atoms with E-state index in [1.807, 2.05) is 43.3 Å². The highest BCUT2D eigenvalue weighted by molar-refractivity contribution is 6.04. The van der Waals surface area contributed by atoms with E-state index in [1.54, 1.807) is 18.2 Å². The predicted octanol–water partition coefficient (Wildman–Crippen LogP) is 3.24. The summed E-state index contributed by atoms with van der Waals surface area (Å²) >= 11 is 0. The summed E-state index contributed by atoms with van der Waals surface area (Å²) in [4.78, 5) is 26.1. The van der Waals surface area contributed by atoms with Crippen molar-refractivity contribution < 1.29 is 14.3 Å². The first-order valence-electron chi connectivity index (χ1n) is 7.79. The average Bonchev–Trinajstić information content (AvgIpc) is 2.89. The summed E-state index contributed by atoms with van der Waals surface area (Å²) in [5.74, 6) is -0.732. The molecule has 2 aromatic carbocycles. The van der Waals surface area contributed by atoms with Gasteiger partial charge in [-0.25, -0.2) is 4.79 Å². The van der Waals surface area contributed by atoms with Crippen LogP contribution < -0.4 is 10.2 Å². The van der Waals surface area contributed by atoms with Crippen LogP contribution in [0.1, 0.15) is 27.4 Å². The van der Waals surface area contributed by atoms with Crippen molar-refractivity contribution in [1.82, 2.24) is 0 Å². The molecular formula is C19H21ClN2O3. The van der Waals surface area contributed by atoms with Gasteiger partial charge in [-0.15, -0.1) is 12.4 Å². The molecule has 5 nitrogen and oxygen atoms in total. The molecular weight excluding hydrogens is 340 g/mol. The van der Waals surface area contributed by atoms with Gasteiger partial charge in [-0.05, 0) is 47.9 Å². The summed E-state index contributed by atoms with van der Waals surface area (Å²) in [5.41, 5.74) is 4.27. The van der Waals surface area contributed by atoms with E-state index >= 15 is 0 Å². The first-order chi connectivity index (χ1) is 11.5. The fourth-order valence-corrected chi connectivity index (χ4v) is 2.94. The Kier molecular flexibility index (Phi) is 5.69. The van der Waals surface area contributed by atoms with Crippen molar-refractivity contribution in [2.24, 2.45) is 0 Å². The van der Waals surface area contributed by atoms with Gasteiger partial charge in [-0.3, -0.25) is 4.79 Å². The molecule has 1 heterocycles. The largest absolute Gasteiger partial charge is 0.465 e. The number of fused-ring (bicyclic) bond motifs is 1. The first-order valence-corrected chi connectivity index (χ1v) is 7.79. The van der Waals surface area contributed by atoms with Crippen molar-refractivity contribution in [1.29, 1.82) is 0 Å². The van der Waals surface area contributed by atoms with E-state index in [9.17, 15) is 9.59 Å². The van der Waals surface area contributed by atoms with E-state index in [2.05, 4.69) is 5.32 Å². The number of ether oxygens (including phenoxy) is 1. The molecule has 1 unspecified atom stereocenters. The minimum absolute atomic E-state index is 0. The Hall–Kier alpha value is -2.53. The molecule has 1 N–H and O–H groups in total. The molecule has 0 bridgehead atoms. The van der Waals surface area contributed by atoms with Crippen LogP contribution in [0, 0.1) is 0 Å². The molecule has 132 valence electrons. The van der Waals surface area contributed by atoms with Gasteiger partial charge in [0.1, 0.15) is 0 Å². The lowest BCUT2D eigenvalue weighted by Gasteiger charge is -2.14. The number of esters is 1. The van der Waals surface area contributed by atoms with Crippen LogP contribution >= 0.6 is 12.4 Å². The van der Waals surface area contributed by atoms with Crippen LogP contribution in [-0.4, -0.2) is 33.1 Å². The lowest BCUT2D eigenvalue weighted by molar-refractivity contribution is -0.117. The number of rotatable bonds is 4. The van der Waals surface area contributed by atoms with Gasteiger partial charge in [0.15, 0.2) is 0 Å². The Balaban J connectivity index is 0.00000225. The summed E-state index contributed by atoms with van der Waals surface area (Å²) in [6.07, 6.45) is 0.594. The van der Waals surface area contributed by atoms with Crippen molar-refractivity contribution in [3.05, 3.63) is 59.2 Å². The van der Waals surface area contributed by atoms with E-state index in [0.717, 1.165) is 22.5 Å². The Labute approximate surface area is 153 Å². The Bertz CT molecular complexity index is 788. The van der Waals surface area contributed by atoms with Crippen LogP contribution in [0.2, 0.25) is 0 Å². The number of nitrogens with zero attached hydrogens (tertiary/aromatic N) is 1. The second kappa shape index (κ2) is 7.57. The molecule has 0 radical (unpaired) electrons. The highest BCUT2D eigenvalue weighted by Crippen LogP contribution is 2.35. The number of methoxy groups -OCH3 is 1. The van der Waals surface area contributed by atoms with E-state index in [4.69, 9.17) is 4.74 Å². The Morgan fingerprint density at radius 1 is 1.16 bits per heavy atom. The second-order valence-corrected chi connectivity index (χ2v) is 6.10. The Morgan fingerprint density at radius 3 is 2.44 bits per heavy atom. The lowest BCUT2D eigenvalue weighted by atomic mass is 9.92. The third-order valence-corrected chi connectivity index (χ3v) is 4.32. The first kappa shape index (κ1) is 18.8. The molecule has 0 saturated carbocycles. The van der Waals surface area contributed by atoms with Crippen LogP contribution in [0.4, 0.5) is 11.4 Å². The standard InChI is InChI=1S/C19H20N2O3.ClH/c1-21(2)14-7-4-12(5-8-14)10-16-15-11-13(19(23)24-3)6-9-17(15)20-18(16)22;/h4-9,11,16H,10H2,1-3H3,(H,20,22);1H. The number of carbonyl (C=O) groups excluding carboxylic acids is 2. The van der Waals surface area contributed by atoms with Gasteiger partial charge >= 0.3 is 5.97 Å². The van der Waals surface area contributed by atoms with Crippen molar-refractivity contribution in [3.63, 3.8) is 0 Å². The smallest absolute Gasteiger partial charge is 0.337 e. The molecule has 6 heteroatoms. The molecule has 0 aliphatic carbocycles. The Morgan fingerprint density at radius 2 is 1.84 bits per heavy atom. The molecule has 0 saturated heterocycles. The molecule has 3 rings (SSSR count). The SMILES string of the molecule is COC(=O)c1ccc2c(c1)C(Cc1ccc(N(C)C)cc1)C(=O)N2.Cl. The summed E-state index contributed by atoms with van der Waals surface area (Å²) in [6, 6.07) is 13.3. The van der Waals surface area contributed by atoms with Gasteiger partial charge in [0.25, 0.3) is 0 Å². The van der Waals surface area contributed by atoms with Crippen LogP contribution in [-0.2, 0) is 16.0 Å². The van der Waals surface area contributed by atoms with Crippen molar-refractivity contribution in [3.8, 4) is 0 Å². The number of carbonyl (C=O) groups is 2. The summed E-state index contributed by atoms with van der Waals surface area (Å²) in [6.45, 7) is 0. The van der Waals surface area contributed by atoms with Gasteiger partial charge in [-0.2, -0.15) is 0 Å². The quantitative estimate of drug-likeness (QED) is 0.850. The fraction of sp³-hybridized carbons (Fsp3) is 0.263. The summed E-state index contributed by atoms with van der Waals surface area (Å²) < 4.78 is 4.76. The fourth-order valence-electron chi connectivity index (χ4n) is 2.94. The number of nitrogens with one attached hydrogen (secondary N) is 1. The molecule has 0 fully saturated rings. The molecule has 0 aromatic heterocycles. The van der Waals surface area contributed by atoms with Gasteiger partial charge in [-0.1, -0.05) is 12.1 Å². The van der Waals surface area contributed by atoms with Gasteiger partial charge in [0.05, 0.1) is 18.6 Å². The average molecular weight is 361 g/mol. The number of amides is 1. The predicted molar refractivity (Wildman–Crippen MR) is 101 cm³/mol. The number of benzene rings is 2. The van der Waals surface area contributed by atoms with Crippen molar-refractivity contribution in [2.75, 3.05) is 31.4 Å². The normalized spacial score (nSPS) is 15.0. The monoisotopic (exact) mass is 360 g/mol. The van der Waals surface area contributed by atoms with Crippen LogP contribution in [0.25, 0.3) is 0 Å². The van der Waals surface area contributed by atoms with Crippen molar-refractivity contribution >= 4 is 35.7 Å². The van der Waals surface area contributed by atoms with Crippen LogP contribution in [0.5, 0.6) is 0 Å². The zero-order valence-electron chi connectivity index (χ0n) is 14.4. The lowest BCUT2D eigenvalue weighted by Crippen LogP contribution is -2.14. The number of halogens is 1. The molecule has 1 atom stereocenters. The maximum absolute atomic E-state index is 12.3. The minimum atomic E-state index is -0.397. The van der Waals surface area contributed by atoms with Gasteiger partial charge < -0.3 is 15.0 Å². The minimum Gasteiger partial charge on any atom is -0.465 e.